The lowest BCUT2D eigenvalue weighted by atomic mass is 10.4. The maximum atomic E-state index is 13.2. The highest BCUT2D eigenvalue weighted by atomic mass is 16.5. The molecule has 0 spiro atoms. The monoisotopic (exact) mass is 404 g/mol. The van der Waals surface area contributed by atoms with Crippen molar-refractivity contribution in [2.24, 2.45) is 7.05 Å². The number of aryl methyl sites for hydroxylation is 3. The van der Waals surface area contributed by atoms with Crippen LogP contribution in [0.15, 0.2) is 15.8 Å². The van der Waals surface area contributed by atoms with Gasteiger partial charge in [0.1, 0.15) is 0 Å². The Labute approximate surface area is 167 Å². The summed E-state index contributed by atoms with van der Waals surface area (Å²) in [7, 11) is 3.35. The van der Waals surface area contributed by atoms with Crippen LogP contribution in [0.3, 0.4) is 0 Å². The third kappa shape index (κ3) is 3.52. The van der Waals surface area contributed by atoms with E-state index < -0.39 is 0 Å². The van der Waals surface area contributed by atoms with E-state index in [9.17, 15) is 9.59 Å². The van der Waals surface area contributed by atoms with Gasteiger partial charge in [-0.25, -0.2) is 4.79 Å². The van der Waals surface area contributed by atoms with Crippen LogP contribution in [0.25, 0.3) is 16.9 Å². The van der Waals surface area contributed by atoms with Crippen LogP contribution in [0.1, 0.15) is 12.1 Å². The molecule has 29 heavy (non-hydrogen) atoms. The summed E-state index contributed by atoms with van der Waals surface area (Å²) >= 11 is 0. The largest absolute Gasteiger partial charge is 0.385 e. The highest BCUT2D eigenvalue weighted by Gasteiger charge is 2.20. The summed E-state index contributed by atoms with van der Waals surface area (Å²) in [5.74, 6) is 0.673. The minimum Gasteiger partial charge on any atom is -0.385 e. The van der Waals surface area contributed by atoms with Gasteiger partial charge in [-0.2, -0.15) is 4.98 Å². The molecule has 0 bridgehead atoms. The van der Waals surface area contributed by atoms with Gasteiger partial charge >= 0.3 is 5.69 Å². The summed E-state index contributed by atoms with van der Waals surface area (Å²) in [5, 5.41) is 0. The molecule has 0 saturated carbocycles. The second-order valence-electron chi connectivity index (χ2n) is 7.47. The Bertz CT molecular complexity index is 1130. The van der Waals surface area contributed by atoms with Crippen molar-refractivity contribution < 1.29 is 9.47 Å². The second kappa shape index (κ2) is 8.13. The third-order valence-electron chi connectivity index (χ3n) is 5.61. The zero-order valence-corrected chi connectivity index (χ0v) is 17.3. The zero-order valence-electron chi connectivity index (χ0n) is 17.3. The van der Waals surface area contributed by atoms with Gasteiger partial charge in [0.05, 0.1) is 13.2 Å². The van der Waals surface area contributed by atoms with Gasteiger partial charge in [0.2, 0.25) is 5.78 Å². The number of ether oxygens (including phenoxy) is 2. The summed E-state index contributed by atoms with van der Waals surface area (Å²) in [6, 6.07) is 0. The Hall–Kier alpha value is -2.43. The molecule has 0 aliphatic carbocycles. The Kier molecular flexibility index (Phi) is 5.57. The summed E-state index contributed by atoms with van der Waals surface area (Å²) in [6.07, 6.45) is 2.75. The average molecular weight is 404 g/mol. The van der Waals surface area contributed by atoms with E-state index in [-0.39, 0.29) is 11.2 Å². The zero-order chi connectivity index (χ0) is 20.5. The summed E-state index contributed by atoms with van der Waals surface area (Å²) < 4.78 is 17.2. The standard InChI is InChI=1S/C19H28N6O4/c1-14-13-25-15-16(20-18(25)23(14)5-4-10-28-3)21(2)19(27)24(17(15)26)7-6-22-8-11-29-12-9-22/h13H,4-12H2,1-3H3. The van der Waals surface area contributed by atoms with Crippen molar-refractivity contribution in [1.82, 2.24) is 28.0 Å². The Morgan fingerprint density at radius 2 is 1.90 bits per heavy atom. The molecule has 1 aliphatic heterocycles. The SMILES string of the molecule is COCCCn1c(C)cn2c3c(=O)n(CCN4CCOCC4)c(=O)n(C)c3nc12. The van der Waals surface area contributed by atoms with Crippen molar-refractivity contribution in [3.8, 4) is 0 Å². The van der Waals surface area contributed by atoms with E-state index in [2.05, 4.69) is 14.5 Å². The van der Waals surface area contributed by atoms with Crippen LogP contribution in [0.2, 0.25) is 0 Å². The topological polar surface area (TPSA) is 87.9 Å². The van der Waals surface area contributed by atoms with Crippen molar-refractivity contribution >= 4 is 16.9 Å². The lowest BCUT2D eigenvalue weighted by Crippen LogP contribution is -2.44. The maximum absolute atomic E-state index is 13.2. The molecule has 3 aromatic heterocycles. The first-order valence-electron chi connectivity index (χ1n) is 9.99. The number of morpholine rings is 1. The number of imidazole rings is 2. The first kappa shape index (κ1) is 19.9. The molecule has 0 amide bonds. The number of hydrogen-bond donors (Lipinski definition) is 0. The van der Waals surface area contributed by atoms with E-state index in [0.717, 1.165) is 31.7 Å². The molecule has 0 unspecified atom stereocenters. The van der Waals surface area contributed by atoms with E-state index >= 15 is 0 Å². The van der Waals surface area contributed by atoms with Crippen molar-refractivity contribution in [2.75, 3.05) is 46.6 Å². The van der Waals surface area contributed by atoms with Crippen molar-refractivity contribution in [2.45, 2.75) is 26.4 Å². The molecular formula is C19H28N6O4. The number of rotatable bonds is 7. The normalized spacial score (nSPS) is 15.7. The Balaban J connectivity index is 1.76. The molecule has 0 N–H and O–H groups in total. The van der Waals surface area contributed by atoms with E-state index in [1.165, 1.54) is 9.13 Å². The van der Waals surface area contributed by atoms with E-state index in [1.54, 1.807) is 14.2 Å². The van der Waals surface area contributed by atoms with Gasteiger partial charge in [-0.3, -0.25) is 23.2 Å². The van der Waals surface area contributed by atoms with Crippen LogP contribution in [-0.4, -0.2) is 74.6 Å². The van der Waals surface area contributed by atoms with Gasteiger partial charge in [-0.05, 0) is 13.3 Å². The number of hydrogen-bond acceptors (Lipinski definition) is 6. The molecule has 0 radical (unpaired) electrons. The van der Waals surface area contributed by atoms with Crippen LogP contribution in [0.5, 0.6) is 0 Å². The molecule has 4 heterocycles. The lowest BCUT2D eigenvalue weighted by Gasteiger charge is -2.26. The van der Waals surface area contributed by atoms with E-state index in [0.29, 0.717) is 49.9 Å². The average Bonchev–Trinajstić information content (AvgIpc) is 3.23. The van der Waals surface area contributed by atoms with Crippen LogP contribution in [0, 0.1) is 6.92 Å². The van der Waals surface area contributed by atoms with Crippen molar-refractivity contribution in [3.63, 3.8) is 0 Å². The minimum absolute atomic E-state index is 0.294. The fourth-order valence-electron chi connectivity index (χ4n) is 3.96. The van der Waals surface area contributed by atoms with E-state index in [1.807, 2.05) is 17.5 Å². The van der Waals surface area contributed by atoms with Gasteiger partial charge in [0.15, 0.2) is 11.2 Å². The quantitative estimate of drug-likeness (QED) is 0.508. The molecule has 1 aliphatic rings. The van der Waals surface area contributed by atoms with Gasteiger partial charge in [0.25, 0.3) is 5.56 Å². The first-order chi connectivity index (χ1) is 14.0. The van der Waals surface area contributed by atoms with Crippen molar-refractivity contribution in [1.29, 1.82) is 0 Å². The molecule has 10 heteroatoms. The molecule has 10 nitrogen and oxygen atoms in total. The number of nitrogens with zero attached hydrogens (tertiary/aromatic N) is 6. The maximum Gasteiger partial charge on any atom is 0.332 e. The fourth-order valence-corrected chi connectivity index (χ4v) is 3.96. The number of fused-ring (bicyclic) bond motifs is 3. The molecule has 158 valence electrons. The molecule has 0 aromatic carbocycles. The van der Waals surface area contributed by atoms with Gasteiger partial charge in [-0.1, -0.05) is 0 Å². The first-order valence-corrected chi connectivity index (χ1v) is 9.99. The summed E-state index contributed by atoms with van der Waals surface area (Å²) in [5.41, 5.74) is 1.24. The highest BCUT2D eigenvalue weighted by Crippen LogP contribution is 2.16. The van der Waals surface area contributed by atoms with Crippen LogP contribution in [-0.2, 0) is 29.6 Å². The molecule has 1 fully saturated rings. The minimum atomic E-state index is -0.334. The second-order valence-corrected chi connectivity index (χ2v) is 7.47. The predicted molar refractivity (Wildman–Crippen MR) is 109 cm³/mol. The van der Waals surface area contributed by atoms with Gasteiger partial charge in [-0.15, -0.1) is 0 Å². The Morgan fingerprint density at radius 3 is 2.62 bits per heavy atom. The smallest absolute Gasteiger partial charge is 0.332 e. The summed E-state index contributed by atoms with van der Waals surface area (Å²) in [6.45, 7) is 7.37. The van der Waals surface area contributed by atoms with Crippen molar-refractivity contribution in [3.05, 3.63) is 32.7 Å². The lowest BCUT2D eigenvalue weighted by molar-refractivity contribution is 0.0361. The molecule has 1 saturated heterocycles. The summed E-state index contributed by atoms with van der Waals surface area (Å²) in [4.78, 5) is 32.9. The molecule has 0 atom stereocenters. The third-order valence-corrected chi connectivity index (χ3v) is 5.61. The van der Waals surface area contributed by atoms with Gasteiger partial charge in [0, 0.05) is 65.4 Å². The van der Waals surface area contributed by atoms with Crippen LogP contribution in [0.4, 0.5) is 0 Å². The Morgan fingerprint density at radius 1 is 1.14 bits per heavy atom. The molecular weight excluding hydrogens is 376 g/mol. The van der Waals surface area contributed by atoms with Gasteiger partial charge < -0.3 is 14.0 Å². The number of methoxy groups -OCH3 is 1. The molecule has 3 aromatic rings. The fraction of sp³-hybridized carbons (Fsp3) is 0.632. The predicted octanol–water partition coefficient (Wildman–Crippen LogP) is -0.173. The van der Waals surface area contributed by atoms with Crippen LogP contribution >= 0.6 is 0 Å². The highest BCUT2D eigenvalue weighted by molar-refractivity contribution is 5.75. The van der Waals surface area contributed by atoms with Crippen LogP contribution < -0.4 is 11.2 Å². The molecule has 4 rings (SSSR count). The van der Waals surface area contributed by atoms with E-state index in [4.69, 9.17) is 9.47 Å². The number of aromatic nitrogens is 5.